The van der Waals surface area contributed by atoms with Crippen LogP contribution in [0.15, 0.2) is 17.2 Å². The van der Waals surface area contributed by atoms with Crippen molar-refractivity contribution in [1.82, 2.24) is 14.9 Å². The fraction of sp³-hybridized carbons (Fsp3) is 0.706. The van der Waals surface area contributed by atoms with Gasteiger partial charge in [-0.05, 0) is 25.3 Å². The first-order valence-electron chi connectivity index (χ1n) is 8.46. The Hall–Kier alpha value is -1.73. The molecule has 0 saturated carbocycles. The van der Waals surface area contributed by atoms with Crippen LogP contribution in [0.25, 0.3) is 0 Å². The number of rotatable bonds is 6. The zero-order valence-electron chi connectivity index (χ0n) is 14.8. The van der Waals surface area contributed by atoms with Gasteiger partial charge in [0.05, 0.1) is 18.8 Å². The first-order valence-corrected chi connectivity index (χ1v) is 8.46. The molecule has 0 bridgehead atoms. The molecule has 0 spiro atoms. The summed E-state index contributed by atoms with van der Waals surface area (Å²) in [5, 5.41) is 0. The number of ether oxygens (including phenoxy) is 2. The highest BCUT2D eigenvalue weighted by molar-refractivity contribution is 5.76. The summed E-state index contributed by atoms with van der Waals surface area (Å²) in [4.78, 5) is 31.8. The number of hydrogen-bond acceptors (Lipinski definition) is 6. The molecule has 1 saturated heterocycles. The van der Waals surface area contributed by atoms with Gasteiger partial charge in [-0.25, -0.2) is 9.78 Å². The van der Waals surface area contributed by atoms with Crippen LogP contribution in [0.3, 0.4) is 0 Å². The maximum atomic E-state index is 12.6. The molecule has 7 nitrogen and oxygen atoms in total. The molecule has 3 unspecified atom stereocenters. The third-order valence-electron chi connectivity index (χ3n) is 4.08. The van der Waals surface area contributed by atoms with Gasteiger partial charge >= 0.3 is 11.7 Å². The van der Waals surface area contributed by atoms with Gasteiger partial charge in [0.15, 0.2) is 0 Å². The Morgan fingerprint density at radius 1 is 1.42 bits per heavy atom. The average Bonchev–Trinajstić information content (AvgIpc) is 2.48. The molecule has 134 valence electrons. The molecular weight excluding hydrogens is 310 g/mol. The number of carbonyl (C=O) groups is 1. The molecule has 24 heavy (non-hydrogen) atoms. The van der Waals surface area contributed by atoms with Crippen LogP contribution in [-0.4, -0.2) is 58.8 Å². The van der Waals surface area contributed by atoms with Crippen LogP contribution in [0.1, 0.15) is 33.3 Å². The minimum atomic E-state index is -0.383. The van der Waals surface area contributed by atoms with E-state index in [-0.39, 0.29) is 42.4 Å². The number of H-pyrrole nitrogens is 1. The summed E-state index contributed by atoms with van der Waals surface area (Å²) in [7, 11) is 0. The van der Waals surface area contributed by atoms with E-state index in [0.29, 0.717) is 6.42 Å². The molecule has 1 fully saturated rings. The summed E-state index contributed by atoms with van der Waals surface area (Å²) in [5.74, 6) is -0.0477. The van der Waals surface area contributed by atoms with Gasteiger partial charge in [-0.15, -0.1) is 0 Å². The fourth-order valence-electron chi connectivity index (χ4n) is 3.15. The zero-order chi connectivity index (χ0) is 17.7. The molecule has 1 aromatic heterocycles. The minimum Gasteiger partial charge on any atom is -0.464 e. The Kier molecular flexibility index (Phi) is 6.51. The standard InChI is InChI=1S/C17H27N3O4/c1-11(2)15(20-9-12(3)24-13(4)10-20)16(21)23-6-5-14-7-18-17(22)19-8-14/h7-8,11-13,15H,5-6,9-10H2,1-4H3,(H,18,19,22). The van der Waals surface area contributed by atoms with Crippen molar-refractivity contribution in [3.8, 4) is 0 Å². The smallest absolute Gasteiger partial charge is 0.344 e. The third kappa shape index (κ3) is 5.14. The number of morpholine rings is 1. The van der Waals surface area contributed by atoms with Gasteiger partial charge < -0.3 is 14.5 Å². The minimum absolute atomic E-state index is 0.106. The summed E-state index contributed by atoms with van der Waals surface area (Å²) in [6.07, 6.45) is 3.83. The van der Waals surface area contributed by atoms with Gasteiger partial charge in [-0.1, -0.05) is 13.8 Å². The van der Waals surface area contributed by atoms with Crippen LogP contribution in [-0.2, 0) is 20.7 Å². The molecule has 2 rings (SSSR count). The van der Waals surface area contributed by atoms with E-state index in [0.717, 1.165) is 18.7 Å². The molecule has 7 heteroatoms. The quantitative estimate of drug-likeness (QED) is 0.779. The average molecular weight is 337 g/mol. The van der Waals surface area contributed by atoms with E-state index in [1.165, 1.54) is 6.20 Å². The van der Waals surface area contributed by atoms with E-state index in [2.05, 4.69) is 14.9 Å². The monoisotopic (exact) mass is 337 g/mol. The van der Waals surface area contributed by atoms with Crippen molar-refractivity contribution in [3.63, 3.8) is 0 Å². The Morgan fingerprint density at radius 2 is 2.08 bits per heavy atom. The molecule has 3 atom stereocenters. The molecule has 0 amide bonds. The lowest BCUT2D eigenvalue weighted by Gasteiger charge is -2.40. The number of nitrogens with one attached hydrogen (secondary N) is 1. The van der Waals surface area contributed by atoms with E-state index in [1.807, 2.05) is 27.7 Å². The first-order chi connectivity index (χ1) is 11.4. The SMILES string of the molecule is CC1CN(C(C(=O)OCCc2cnc(=O)[nH]c2)C(C)C)CC(C)O1. The van der Waals surface area contributed by atoms with E-state index >= 15 is 0 Å². The van der Waals surface area contributed by atoms with Gasteiger partial charge in [-0.2, -0.15) is 0 Å². The first kappa shape index (κ1) is 18.6. The largest absolute Gasteiger partial charge is 0.464 e. The summed E-state index contributed by atoms with van der Waals surface area (Å²) in [5.41, 5.74) is 0.447. The lowest BCUT2D eigenvalue weighted by atomic mass is 10.0. The van der Waals surface area contributed by atoms with Gasteiger partial charge in [0.1, 0.15) is 6.04 Å². The van der Waals surface area contributed by atoms with Crippen molar-refractivity contribution in [3.05, 3.63) is 28.4 Å². The van der Waals surface area contributed by atoms with Crippen LogP contribution in [0.2, 0.25) is 0 Å². The third-order valence-corrected chi connectivity index (χ3v) is 4.08. The molecule has 0 radical (unpaired) electrons. The van der Waals surface area contributed by atoms with E-state index in [9.17, 15) is 9.59 Å². The van der Waals surface area contributed by atoms with Crippen LogP contribution < -0.4 is 5.69 Å². The molecule has 1 N–H and O–H groups in total. The number of aromatic nitrogens is 2. The zero-order valence-corrected chi connectivity index (χ0v) is 14.8. The van der Waals surface area contributed by atoms with Gasteiger partial charge in [0.2, 0.25) is 0 Å². The summed E-state index contributed by atoms with van der Waals surface area (Å²) >= 11 is 0. The summed E-state index contributed by atoms with van der Waals surface area (Å²) in [6, 6.07) is -0.271. The van der Waals surface area contributed by atoms with Crippen LogP contribution in [0.5, 0.6) is 0 Å². The topological polar surface area (TPSA) is 84.5 Å². The van der Waals surface area contributed by atoms with Crippen molar-refractivity contribution < 1.29 is 14.3 Å². The van der Waals surface area contributed by atoms with Crippen molar-refractivity contribution in [2.45, 2.75) is 52.4 Å². The molecular formula is C17H27N3O4. The maximum Gasteiger partial charge on any atom is 0.344 e. The molecule has 0 aliphatic carbocycles. The second-order valence-electron chi connectivity index (χ2n) is 6.74. The highest BCUT2D eigenvalue weighted by atomic mass is 16.5. The molecule has 1 aromatic rings. The fourth-order valence-corrected chi connectivity index (χ4v) is 3.15. The molecule has 0 aromatic carbocycles. The van der Waals surface area contributed by atoms with Crippen LogP contribution >= 0.6 is 0 Å². The summed E-state index contributed by atoms with van der Waals surface area (Å²) in [6.45, 7) is 9.83. The molecule has 2 heterocycles. The highest BCUT2D eigenvalue weighted by Gasteiger charge is 2.35. The Bertz CT molecular complexity index is 571. The Labute approximate surface area is 142 Å². The van der Waals surface area contributed by atoms with Crippen LogP contribution in [0.4, 0.5) is 0 Å². The second kappa shape index (κ2) is 8.39. The summed E-state index contributed by atoms with van der Waals surface area (Å²) < 4.78 is 11.2. The van der Waals surface area contributed by atoms with E-state index < -0.39 is 0 Å². The number of hydrogen-bond donors (Lipinski definition) is 1. The van der Waals surface area contributed by atoms with Crippen LogP contribution in [0, 0.1) is 5.92 Å². The van der Waals surface area contributed by atoms with Crippen molar-refractivity contribution >= 4 is 5.97 Å². The number of carbonyl (C=O) groups excluding carboxylic acids is 1. The second-order valence-corrected chi connectivity index (χ2v) is 6.74. The predicted molar refractivity (Wildman–Crippen MR) is 89.7 cm³/mol. The van der Waals surface area contributed by atoms with Gasteiger partial charge in [0.25, 0.3) is 0 Å². The highest BCUT2D eigenvalue weighted by Crippen LogP contribution is 2.19. The van der Waals surface area contributed by atoms with Crippen molar-refractivity contribution in [1.29, 1.82) is 0 Å². The number of nitrogens with zero attached hydrogens (tertiary/aromatic N) is 2. The lowest BCUT2D eigenvalue weighted by Crippen LogP contribution is -2.54. The van der Waals surface area contributed by atoms with Gasteiger partial charge in [0, 0.05) is 31.9 Å². The van der Waals surface area contributed by atoms with E-state index in [4.69, 9.17) is 9.47 Å². The van der Waals surface area contributed by atoms with E-state index in [1.54, 1.807) is 6.20 Å². The Balaban J connectivity index is 1.91. The van der Waals surface area contributed by atoms with Crippen molar-refractivity contribution in [2.75, 3.05) is 19.7 Å². The molecule has 1 aliphatic rings. The molecule has 1 aliphatic heterocycles. The van der Waals surface area contributed by atoms with Gasteiger partial charge in [-0.3, -0.25) is 9.69 Å². The maximum absolute atomic E-state index is 12.6. The van der Waals surface area contributed by atoms with Crippen molar-refractivity contribution in [2.24, 2.45) is 5.92 Å². The number of aromatic amines is 1. The normalized spacial score (nSPS) is 23.2. The predicted octanol–water partition coefficient (Wildman–Crippen LogP) is 0.989. The lowest BCUT2D eigenvalue weighted by molar-refractivity contribution is -0.157. The number of esters is 1. The Morgan fingerprint density at radius 3 is 2.62 bits per heavy atom.